The first kappa shape index (κ1) is 13.8. The summed E-state index contributed by atoms with van der Waals surface area (Å²) in [6, 6.07) is 0.190. The zero-order chi connectivity index (χ0) is 13.0. The van der Waals surface area contributed by atoms with Gasteiger partial charge in [-0.05, 0) is 19.3 Å². The van der Waals surface area contributed by atoms with E-state index in [1.165, 1.54) is 12.8 Å². The second-order valence-electron chi connectivity index (χ2n) is 5.25. The van der Waals surface area contributed by atoms with E-state index in [9.17, 15) is 4.79 Å². The van der Waals surface area contributed by atoms with E-state index in [-0.39, 0.29) is 24.7 Å². The van der Waals surface area contributed by atoms with Crippen LogP contribution in [0.1, 0.15) is 32.1 Å². The highest BCUT2D eigenvalue weighted by Gasteiger charge is 2.35. The Morgan fingerprint density at radius 2 is 2.17 bits per heavy atom. The number of rotatable bonds is 5. The Labute approximate surface area is 108 Å². The molecule has 2 unspecified atom stereocenters. The Morgan fingerprint density at radius 1 is 1.44 bits per heavy atom. The predicted octanol–water partition coefficient (Wildman–Crippen LogP) is 0.127. The fraction of sp³-hybridized carbons (Fsp3) is 0.923. The predicted molar refractivity (Wildman–Crippen MR) is 68.3 cm³/mol. The van der Waals surface area contributed by atoms with Crippen LogP contribution in [0.5, 0.6) is 0 Å². The first-order chi connectivity index (χ1) is 8.76. The highest BCUT2D eigenvalue weighted by Crippen LogP contribution is 2.25. The fourth-order valence-electron chi connectivity index (χ4n) is 3.07. The zero-order valence-electron chi connectivity index (χ0n) is 11.1. The topological polar surface area (TPSA) is 61.8 Å². The lowest BCUT2D eigenvalue weighted by atomic mass is 10.1. The summed E-state index contributed by atoms with van der Waals surface area (Å²) in [5.41, 5.74) is 0. The number of amides is 1. The van der Waals surface area contributed by atoms with E-state index < -0.39 is 0 Å². The number of nitrogens with one attached hydrogen (secondary N) is 1. The first-order valence-electron chi connectivity index (χ1n) is 6.93. The SMILES string of the molecule is COC1CNC(C(=O)N(CCO)C2CCCC2)C1. The summed E-state index contributed by atoms with van der Waals surface area (Å²) in [5.74, 6) is 0.135. The van der Waals surface area contributed by atoms with Crippen molar-refractivity contribution in [3.8, 4) is 0 Å². The summed E-state index contributed by atoms with van der Waals surface area (Å²) in [7, 11) is 1.68. The van der Waals surface area contributed by atoms with Crippen molar-refractivity contribution in [3.63, 3.8) is 0 Å². The van der Waals surface area contributed by atoms with Crippen LogP contribution >= 0.6 is 0 Å². The summed E-state index contributed by atoms with van der Waals surface area (Å²) in [6.07, 6.45) is 5.41. The quantitative estimate of drug-likeness (QED) is 0.734. The van der Waals surface area contributed by atoms with Gasteiger partial charge >= 0.3 is 0 Å². The molecule has 1 aliphatic carbocycles. The number of ether oxygens (including phenoxy) is 1. The molecule has 1 saturated carbocycles. The largest absolute Gasteiger partial charge is 0.395 e. The number of nitrogens with zero attached hydrogens (tertiary/aromatic N) is 1. The number of aliphatic hydroxyl groups excluding tert-OH is 1. The first-order valence-corrected chi connectivity index (χ1v) is 6.93. The average molecular weight is 256 g/mol. The van der Waals surface area contributed by atoms with Gasteiger partial charge in [0.25, 0.3) is 0 Å². The molecule has 2 aliphatic rings. The summed E-state index contributed by atoms with van der Waals surface area (Å²) < 4.78 is 5.27. The molecule has 5 nitrogen and oxygen atoms in total. The third-order valence-electron chi connectivity index (χ3n) is 4.11. The third kappa shape index (κ3) is 3.02. The summed E-state index contributed by atoms with van der Waals surface area (Å²) in [4.78, 5) is 14.4. The molecule has 104 valence electrons. The van der Waals surface area contributed by atoms with E-state index in [1.54, 1.807) is 7.11 Å². The molecule has 0 aromatic carbocycles. The van der Waals surface area contributed by atoms with E-state index in [4.69, 9.17) is 9.84 Å². The highest BCUT2D eigenvalue weighted by atomic mass is 16.5. The van der Waals surface area contributed by atoms with Crippen molar-refractivity contribution in [1.29, 1.82) is 0 Å². The van der Waals surface area contributed by atoms with Gasteiger partial charge < -0.3 is 20.1 Å². The second kappa shape index (κ2) is 6.50. The second-order valence-corrected chi connectivity index (χ2v) is 5.25. The molecule has 18 heavy (non-hydrogen) atoms. The minimum Gasteiger partial charge on any atom is -0.395 e. The Balaban J connectivity index is 1.95. The Hall–Kier alpha value is -0.650. The van der Waals surface area contributed by atoms with Gasteiger partial charge in [-0.1, -0.05) is 12.8 Å². The van der Waals surface area contributed by atoms with Crippen molar-refractivity contribution in [2.75, 3.05) is 26.8 Å². The molecule has 5 heteroatoms. The summed E-state index contributed by atoms with van der Waals surface area (Å²) in [5, 5.41) is 12.4. The van der Waals surface area contributed by atoms with Crippen LogP contribution in [0.25, 0.3) is 0 Å². The molecule has 2 N–H and O–H groups in total. The molecule has 1 amide bonds. The molecule has 0 radical (unpaired) electrons. The van der Waals surface area contributed by atoms with Gasteiger partial charge in [0.1, 0.15) is 0 Å². The van der Waals surface area contributed by atoms with Crippen molar-refractivity contribution >= 4 is 5.91 Å². The number of hydrogen-bond donors (Lipinski definition) is 2. The van der Waals surface area contributed by atoms with Gasteiger partial charge in [-0.3, -0.25) is 4.79 Å². The number of carbonyl (C=O) groups excluding carboxylic acids is 1. The third-order valence-corrected chi connectivity index (χ3v) is 4.11. The van der Waals surface area contributed by atoms with Gasteiger partial charge in [0.05, 0.1) is 18.8 Å². The maximum atomic E-state index is 12.5. The van der Waals surface area contributed by atoms with Gasteiger partial charge in [0.15, 0.2) is 0 Å². The minimum absolute atomic E-state index is 0.0443. The van der Waals surface area contributed by atoms with Gasteiger partial charge in [0.2, 0.25) is 5.91 Å². The van der Waals surface area contributed by atoms with E-state index in [2.05, 4.69) is 5.32 Å². The number of methoxy groups -OCH3 is 1. The number of carbonyl (C=O) groups is 1. The van der Waals surface area contributed by atoms with Crippen LogP contribution in [-0.4, -0.2) is 60.9 Å². The van der Waals surface area contributed by atoms with Crippen LogP contribution in [-0.2, 0) is 9.53 Å². The molecule has 2 atom stereocenters. The van der Waals surface area contributed by atoms with Crippen molar-refractivity contribution in [1.82, 2.24) is 10.2 Å². The lowest BCUT2D eigenvalue weighted by Crippen LogP contribution is -2.48. The highest BCUT2D eigenvalue weighted by molar-refractivity contribution is 5.82. The Morgan fingerprint density at radius 3 is 2.72 bits per heavy atom. The van der Waals surface area contributed by atoms with E-state index in [1.807, 2.05) is 4.90 Å². The van der Waals surface area contributed by atoms with Gasteiger partial charge in [-0.15, -0.1) is 0 Å². The maximum absolute atomic E-state index is 12.5. The van der Waals surface area contributed by atoms with Crippen LogP contribution in [0.3, 0.4) is 0 Å². The van der Waals surface area contributed by atoms with E-state index in [0.29, 0.717) is 12.6 Å². The smallest absolute Gasteiger partial charge is 0.240 e. The molecule has 1 saturated heterocycles. The van der Waals surface area contributed by atoms with Crippen molar-refractivity contribution < 1.29 is 14.6 Å². The zero-order valence-corrected chi connectivity index (χ0v) is 11.1. The van der Waals surface area contributed by atoms with Crippen molar-refractivity contribution in [2.24, 2.45) is 0 Å². The molecule has 1 heterocycles. The summed E-state index contributed by atoms with van der Waals surface area (Å²) >= 11 is 0. The Kier molecular flexibility index (Phi) is 4.97. The van der Waals surface area contributed by atoms with Crippen LogP contribution in [0.15, 0.2) is 0 Å². The van der Waals surface area contributed by atoms with Crippen LogP contribution in [0, 0.1) is 0 Å². The molecule has 0 aromatic rings. The molecule has 0 aromatic heterocycles. The van der Waals surface area contributed by atoms with Crippen LogP contribution < -0.4 is 5.32 Å². The van der Waals surface area contributed by atoms with Gasteiger partial charge in [0, 0.05) is 26.2 Å². The van der Waals surface area contributed by atoms with Gasteiger partial charge in [-0.2, -0.15) is 0 Å². The molecular weight excluding hydrogens is 232 g/mol. The fourth-order valence-corrected chi connectivity index (χ4v) is 3.07. The standard InChI is InChI=1S/C13H24N2O3/c1-18-11-8-12(14-9-11)13(17)15(6-7-16)10-4-2-3-5-10/h10-12,14,16H,2-9H2,1H3. The molecule has 2 fully saturated rings. The lowest BCUT2D eigenvalue weighted by molar-refractivity contribution is -0.136. The summed E-state index contributed by atoms with van der Waals surface area (Å²) in [6.45, 7) is 1.24. The molecule has 0 bridgehead atoms. The van der Waals surface area contributed by atoms with E-state index >= 15 is 0 Å². The van der Waals surface area contributed by atoms with Crippen molar-refractivity contribution in [3.05, 3.63) is 0 Å². The monoisotopic (exact) mass is 256 g/mol. The van der Waals surface area contributed by atoms with Gasteiger partial charge in [-0.25, -0.2) is 0 Å². The minimum atomic E-state index is -0.137. The molecule has 0 spiro atoms. The molecule has 1 aliphatic heterocycles. The molecular formula is C13H24N2O3. The number of hydrogen-bond acceptors (Lipinski definition) is 4. The lowest BCUT2D eigenvalue weighted by Gasteiger charge is -2.30. The maximum Gasteiger partial charge on any atom is 0.240 e. The number of aliphatic hydroxyl groups is 1. The van der Waals surface area contributed by atoms with Crippen LogP contribution in [0.4, 0.5) is 0 Å². The molecule has 2 rings (SSSR count). The normalized spacial score (nSPS) is 28.8. The van der Waals surface area contributed by atoms with Crippen molar-refractivity contribution in [2.45, 2.75) is 50.3 Å². The Bertz CT molecular complexity index is 279. The average Bonchev–Trinajstić information content (AvgIpc) is 3.05. The van der Waals surface area contributed by atoms with E-state index in [0.717, 1.165) is 25.8 Å². The van der Waals surface area contributed by atoms with Crippen LogP contribution in [0.2, 0.25) is 0 Å².